The molecule has 0 aliphatic carbocycles. The van der Waals surface area contributed by atoms with Gasteiger partial charge in [0.1, 0.15) is 9.77 Å². The highest BCUT2D eigenvalue weighted by Crippen LogP contribution is 2.35. The van der Waals surface area contributed by atoms with Gasteiger partial charge in [-0.3, -0.25) is 0 Å². The lowest BCUT2D eigenvalue weighted by molar-refractivity contribution is -0.0932. The molecule has 1 aromatic heterocycles. The van der Waals surface area contributed by atoms with E-state index in [1.165, 1.54) is 11.4 Å². The van der Waals surface area contributed by atoms with Crippen molar-refractivity contribution in [2.24, 2.45) is 5.92 Å². The zero-order chi connectivity index (χ0) is 14.4. The Kier molecular flexibility index (Phi) is 3.46. The van der Waals surface area contributed by atoms with Gasteiger partial charge in [-0.2, -0.15) is 4.31 Å². The molecule has 1 aliphatic rings. The van der Waals surface area contributed by atoms with Crippen LogP contribution in [0.1, 0.15) is 23.5 Å². The van der Waals surface area contributed by atoms with Gasteiger partial charge in [0, 0.05) is 13.1 Å². The van der Waals surface area contributed by atoms with Crippen molar-refractivity contribution in [3.05, 3.63) is 16.3 Å². The summed E-state index contributed by atoms with van der Waals surface area (Å²) in [7, 11) is -3.84. The van der Waals surface area contributed by atoms with E-state index >= 15 is 0 Å². The van der Waals surface area contributed by atoms with Crippen LogP contribution in [0, 0.1) is 5.92 Å². The monoisotopic (exact) mass is 305 g/mol. The van der Waals surface area contributed by atoms with Gasteiger partial charge in [-0.15, -0.1) is 11.3 Å². The zero-order valence-corrected chi connectivity index (χ0v) is 12.2. The zero-order valence-electron chi connectivity index (χ0n) is 10.5. The smallest absolute Gasteiger partial charge is 0.347 e. The lowest BCUT2D eigenvalue weighted by Crippen LogP contribution is -2.65. The Morgan fingerprint density at radius 2 is 2.05 bits per heavy atom. The van der Waals surface area contributed by atoms with Gasteiger partial charge in [-0.25, -0.2) is 13.2 Å². The van der Waals surface area contributed by atoms with E-state index in [1.807, 2.05) is 13.8 Å². The van der Waals surface area contributed by atoms with Crippen molar-refractivity contribution in [2.45, 2.75) is 24.3 Å². The van der Waals surface area contributed by atoms with Crippen LogP contribution in [-0.4, -0.2) is 47.6 Å². The number of sulfonamides is 1. The molecule has 0 unspecified atom stereocenters. The van der Waals surface area contributed by atoms with Crippen molar-refractivity contribution < 1.29 is 23.4 Å². The second-order valence-corrected chi connectivity index (χ2v) is 7.77. The Bertz CT molecular complexity index is 598. The number of hydrogen-bond donors (Lipinski definition) is 2. The van der Waals surface area contributed by atoms with Crippen molar-refractivity contribution in [1.29, 1.82) is 0 Å². The number of aromatic carboxylic acids is 1. The van der Waals surface area contributed by atoms with E-state index in [1.54, 1.807) is 0 Å². The van der Waals surface area contributed by atoms with Crippen LogP contribution in [0.3, 0.4) is 0 Å². The summed E-state index contributed by atoms with van der Waals surface area (Å²) in [5.74, 6) is -1.31. The molecule has 0 saturated carbocycles. The SMILES string of the molecule is CC(C)C1(O)CN(S(=O)(=O)c2ccsc2C(=O)O)C1. The molecule has 19 heavy (non-hydrogen) atoms. The molecule has 1 saturated heterocycles. The van der Waals surface area contributed by atoms with Gasteiger partial charge in [-0.05, 0) is 17.4 Å². The molecule has 2 N–H and O–H groups in total. The third kappa shape index (κ3) is 2.29. The first-order valence-electron chi connectivity index (χ1n) is 5.72. The summed E-state index contributed by atoms with van der Waals surface area (Å²) in [6.07, 6.45) is 0. The number of carboxylic acids is 1. The second-order valence-electron chi connectivity index (χ2n) is 4.95. The third-order valence-corrected chi connectivity index (χ3v) is 6.28. The van der Waals surface area contributed by atoms with Crippen LogP contribution < -0.4 is 0 Å². The maximum absolute atomic E-state index is 12.3. The van der Waals surface area contributed by atoms with Crippen molar-refractivity contribution >= 4 is 27.3 Å². The van der Waals surface area contributed by atoms with Gasteiger partial charge >= 0.3 is 5.97 Å². The summed E-state index contributed by atoms with van der Waals surface area (Å²) < 4.78 is 25.7. The minimum atomic E-state index is -3.84. The van der Waals surface area contributed by atoms with E-state index in [0.29, 0.717) is 0 Å². The van der Waals surface area contributed by atoms with Crippen molar-refractivity contribution in [3.8, 4) is 0 Å². The summed E-state index contributed by atoms with van der Waals surface area (Å²) in [4.78, 5) is 10.6. The van der Waals surface area contributed by atoms with Gasteiger partial charge in [0.15, 0.2) is 0 Å². The molecular formula is C11H15NO5S2. The fourth-order valence-corrected chi connectivity index (χ4v) is 4.69. The molecule has 8 heteroatoms. The molecule has 2 heterocycles. The Labute approximate surface area is 115 Å². The van der Waals surface area contributed by atoms with E-state index in [9.17, 15) is 18.3 Å². The largest absolute Gasteiger partial charge is 0.477 e. The minimum absolute atomic E-state index is 0.00189. The first-order valence-corrected chi connectivity index (χ1v) is 8.04. The topological polar surface area (TPSA) is 94.9 Å². The van der Waals surface area contributed by atoms with Crippen molar-refractivity contribution in [1.82, 2.24) is 4.31 Å². The third-order valence-electron chi connectivity index (χ3n) is 3.42. The van der Waals surface area contributed by atoms with E-state index in [0.717, 1.165) is 15.6 Å². The molecule has 1 fully saturated rings. The first kappa shape index (κ1) is 14.4. The Morgan fingerprint density at radius 1 is 1.47 bits per heavy atom. The van der Waals surface area contributed by atoms with Crippen LogP contribution in [0.15, 0.2) is 16.3 Å². The molecule has 1 aliphatic heterocycles. The predicted molar refractivity (Wildman–Crippen MR) is 69.8 cm³/mol. The summed E-state index contributed by atoms with van der Waals surface area (Å²) in [5, 5.41) is 20.5. The fraction of sp³-hybridized carbons (Fsp3) is 0.545. The second kappa shape index (κ2) is 4.55. The van der Waals surface area contributed by atoms with E-state index in [2.05, 4.69) is 0 Å². The molecule has 0 amide bonds. The molecule has 0 atom stereocenters. The summed E-state index contributed by atoms with van der Waals surface area (Å²) >= 11 is 0.875. The van der Waals surface area contributed by atoms with Crippen LogP contribution in [0.2, 0.25) is 0 Å². The van der Waals surface area contributed by atoms with Gasteiger partial charge in [0.05, 0.1) is 5.60 Å². The minimum Gasteiger partial charge on any atom is -0.477 e. The fourth-order valence-electron chi connectivity index (χ4n) is 1.90. The number of aliphatic hydroxyl groups is 1. The molecule has 106 valence electrons. The van der Waals surface area contributed by atoms with Gasteiger partial charge in [-0.1, -0.05) is 13.8 Å². The standard InChI is InChI=1S/C11H15NO5S2/c1-7(2)11(15)5-12(6-11)19(16,17)8-3-4-18-9(8)10(13)14/h3-4,7,15H,5-6H2,1-2H3,(H,13,14). The highest BCUT2D eigenvalue weighted by atomic mass is 32.2. The van der Waals surface area contributed by atoms with Gasteiger partial charge in [0.25, 0.3) is 0 Å². The normalized spacial score (nSPS) is 19.4. The van der Waals surface area contributed by atoms with E-state index < -0.39 is 21.6 Å². The first-order chi connectivity index (χ1) is 8.68. The molecule has 0 aromatic carbocycles. The molecule has 0 spiro atoms. The Morgan fingerprint density at radius 3 is 2.53 bits per heavy atom. The number of hydrogen-bond acceptors (Lipinski definition) is 5. The Balaban J connectivity index is 2.26. The van der Waals surface area contributed by atoms with Crippen LogP contribution in [0.4, 0.5) is 0 Å². The number of rotatable bonds is 4. The molecular weight excluding hydrogens is 290 g/mol. The van der Waals surface area contributed by atoms with Gasteiger partial charge in [0.2, 0.25) is 10.0 Å². The number of thiophene rings is 1. The average molecular weight is 305 g/mol. The lowest BCUT2D eigenvalue weighted by atomic mass is 9.85. The molecule has 0 bridgehead atoms. The number of β-amino-alcohol motifs (C(OH)–C–C–N with tert-alkyl or cyclic N) is 1. The maximum atomic E-state index is 12.3. The van der Waals surface area contributed by atoms with E-state index in [-0.39, 0.29) is 28.8 Å². The highest BCUT2D eigenvalue weighted by Gasteiger charge is 2.49. The molecule has 1 aromatic rings. The Hall–Kier alpha value is -0.960. The molecule has 0 radical (unpaired) electrons. The number of nitrogens with zero attached hydrogens (tertiary/aromatic N) is 1. The predicted octanol–water partition coefficient (Wildman–Crippen LogP) is 0.838. The summed E-state index contributed by atoms with van der Waals surface area (Å²) in [5.41, 5.74) is -1.02. The van der Waals surface area contributed by atoms with Crippen LogP contribution in [0.25, 0.3) is 0 Å². The molecule has 6 nitrogen and oxygen atoms in total. The lowest BCUT2D eigenvalue weighted by Gasteiger charge is -2.47. The van der Waals surface area contributed by atoms with E-state index in [4.69, 9.17) is 5.11 Å². The summed E-state index contributed by atoms with van der Waals surface area (Å²) in [6, 6.07) is 1.29. The van der Waals surface area contributed by atoms with Crippen LogP contribution in [-0.2, 0) is 10.0 Å². The van der Waals surface area contributed by atoms with Gasteiger partial charge < -0.3 is 10.2 Å². The van der Waals surface area contributed by atoms with Crippen LogP contribution >= 0.6 is 11.3 Å². The highest BCUT2D eigenvalue weighted by molar-refractivity contribution is 7.89. The van der Waals surface area contributed by atoms with Crippen molar-refractivity contribution in [2.75, 3.05) is 13.1 Å². The quantitative estimate of drug-likeness (QED) is 0.859. The average Bonchev–Trinajstić information content (AvgIpc) is 2.73. The number of carbonyl (C=O) groups is 1. The summed E-state index contributed by atoms with van der Waals surface area (Å²) in [6.45, 7) is 3.64. The van der Waals surface area contributed by atoms with Crippen LogP contribution in [0.5, 0.6) is 0 Å². The molecule has 2 rings (SSSR count). The van der Waals surface area contributed by atoms with Crippen molar-refractivity contribution in [3.63, 3.8) is 0 Å². The maximum Gasteiger partial charge on any atom is 0.347 e. The number of carboxylic acid groups (broad SMARTS) is 1.